The minimum atomic E-state index is -0.150. The zero-order chi connectivity index (χ0) is 21.8. The first-order valence-electron chi connectivity index (χ1n) is 10.9. The number of pyridine rings is 1. The number of carbonyl (C=O) groups excluding carboxylic acids is 1. The summed E-state index contributed by atoms with van der Waals surface area (Å²) in [7, 11) is 0. The zero-order valence-electron chi connectivity index (χ0n) is 17.7. The van der Waals surface area contributed by atoms with Gasteiger partial charge in [-0.05, 0) is 61.8 Å². The van der Waals surface area contributed by atoms with E-state index in [1.807, 2.05) is 49.4 Å². The second kappa shape index (κ2) is 9.52. The smallest absolute Gasteiger partial charge is 0.251 e. The Balaban J connectivity index is 1.49. The van der Waals surface area contributed by atoms with Crippen LogP contribution in [-0.2, 0) is 30.6 Å². The van der Waals surface area contributed by atoms with Gasteiger partial charge in [-0.1, -0.05) is 60.1 Å². The molecule has 1 heterocycles. The van der Waals surface area contributed by atoms with Crippen molar-refractivity contribution < 1.29 is 4.79 Å². The quantitative estimate of drug-likeness (QED) is 0.581. The number of aryl methyl sites for hydroxylation is 1. The van der Waals surface area contributed by atoms with Crippen LogP contribution in [0.4, 0.5) is 0 Å². The van der Waals surface area contributed by atoms with E-state index < -0.39 is 0 Å². The molecule has 0 saturated carbocycles. The molecule has 0 bridgehead atoms. The molecule has 0 saturated heterocycles. The summed E-state index contributed by atoms with van der Waals surface area (Å²) in [5.74, 6) is -0.123. The van der Waals surface area contributed by atoms with Gasteiger partial charge in [0.15, 0.2) is 0 Å². The van der Waals surface area contributed by atoms with Crippen molar-refractivity contribution in [3.8, 4) is 11.1 Å². The topological polar surface area (TPSA) is 51.1 Å². The van der Waals surface area contributed by atoms with Crippen LogP contribution in [0.25, 0.3) is 11.1 Å². The highest BCUT2D eigenvalue weighted by Gasteiger charge is 2.23. The van der Waals surface area contributed by atoms with Crippen LogP contribution in [0.1, 0.15) is 36.6 Å². The van der Waals surface area contributed by atoms with E-state index in [0.29, 0.717) is 5.02 Å². The molecule has 0 aliphatic heterocycles. The number of nitrogens with one attached hydrogen (secondary N) is 1. The van der Waals surface area contributed by atoms with Gasteiger partial charge in [-0.25, -0.2) is 0 Å². The molecule has 4 nitrogen and oxygen atoms in total. The van der Waals surface area contributed by atoms with Crippen LogP contribution < -0.4 is 10.9 Å². The standard InChI is InChI=1S/C26H27ClN2O2/c1-18(14-15-19-8-3-2-4-9-19)28-25(30)17-29-24-13-7-11-21(24)22(16-26(29)31)20-10-5-6-12-23(20)27/h2-6,8-10,12,16,18H,7,11,13-15,17H2,1H3,(H,28,30)/t18-/m1/s1. The van der Waals surface area contributed by atoms with Crippen LogP contribution in [0.15, 0.2) is 65.5 Å². The number of halogens is 1. The van der Waals surface area contributed by atoms with Gasteiger partial charge in [-0.15, -0.1) is 0 Å². The first-order chi connectivity index (χ1) is 15.0. The van der Waals surface area contributed by atoms with Crippen molar-refractivity contribution >= 4 is 17.5 Å². The SMILES string of the molecule is C[C@H](CCc1ccccc1)NC(=O)Cn1c2c(c(-c3ccccc3Cl)cc1=O)CCC2. The molecule has 4 rings (SSSR count). The monoisotopic (exact) mass is 434 g/mol. The van der Waals surface area contributed by atoms with Gasteiger partial charge in [0.1, 0.15) is 6.54 Å². The molecular weight excluding hydrogens is 408 g/mol. The maximum absolute atomic E-state index is 13.0. The minimum Gasteiger partial charge on any atom is -0.352 e. The average Bonchev–Trinajstić information content (AvgIpc) is 3.25. The van der Waals surface area contributed by atoms with Crippen molar-refractivity contribution in [3.63, 3.8) is 0 Å². The number of aromatic nitrogens is 1. The zero-order valence-corrected chi connectivity index (χ0v) is 18.5. The Labute approximate surface area is 187 Å². The van der Waals surface area contributed by atoms with Gasteiger partial charge < -0.3 is 9.88 Å². The largest absolute Gasteiger partial charge is 0.352 e. The molecule has 5 heteroatoms. The third kappa shape index (κ3) is 4.91. The van der Waals surface area contributed by atoms with Crippen LogP contribution in [0.3, 0.4) is 0 Å². The third-order valence-electron chi connectivity index (χ3n) is 5.96. The second-order valence-corrected chi connectivity index (χ2v) is 8.64. The van der Waals surface area contributed by atoms with Crippen molar-refractivity contribution in [2.24, 2.45) is 0 Å². The van der Waals surface area contributed by atoms with Gasteiger partial charge in [-0.3, -0.25) is 9.59 Å². The van der Waals surface area contributed by atoms with E-state index in [1.165, 1.54) is 5.56 Å². The third-order valence-corrected chi connectivity index (χ3v) is 6.29. The highest BCUT2D eigenvalue weighted by atomic mass is 35.5. The summed E-state index contributed by atoms with van der Waals surface area (Å²) in [6, 6.07) is 19.5. The molecule has 2 aromatic carbocycles. The Kier molecular flexibility index (Phi) is 6.57. The minimum absolute atomic E-state index is 0.0406. The average molecular weight is 435 g/mol. The molecule has 31 heavy (non-hydrogen) atoms. The van der Waals surface area contributed by atoms with Crippen molar-refractivity contribution in [2.45, 2.75) is 51.6 Å². The van der Waals surface area contributed by atoms with E-state index >= 15 is 0 Å². The van der Waals surface area contributed by atoms with Crippen molar-refractivity contribution in [2.75, 3.05) is 0 Å². The van der Waals surface area contributed by atoms with Gasteiger partial charge in [0, 0.05) is 28.4 Å². The summed E-state index contributed by atoms with van der Waals surface area (Å²) in [5, 5.41) is 3.69. The molecule has 1 amide bonds. The molecule has 1 atom stereocenters. The van der Waals surface area contributed by atoms with Gasteiger partial charge in [0.25, 0.3) is 5.56 Å². The summed E-state index contributed by atoms with van der Waals surface area (Å²) < 4.78 is 1.64. The summed E-state index contributed by atoms with van der Waals surface area (Å²) in [6.45, 7) is 2.06. The molecule has 0 spiro atoms. The summed E-state index contributed by atoms with van der Waals surface area (Å²) in [6.07, 6.45) is 4.44. The van der Waals surface area contributed by atoms with Gasteiger partial charge in [0.05, 0.1) is 0 Å². The molecule has 1 aliphatic rings. The lowest BCUT2D eigenvalue weighted by Gasteiger charge is -2.18. The molecule has 0 fully saturated rings. The molecule has 0 radical (unpaired) electrons. The van der Waals surface area contributed by atoms with E-state index in [1.54, 1.807) is 10.6 Å². The lowest BCUT2D eigenvalue weighted by atomic mass is 9.99. The van der Waals surface area contributed by atoms with E-state index in [-0.39, 0.29) is 24.1 Å². The van der Waals surface area contributed by atoms with Crippen molar-refractivity contribution in [3.05, 3.63) is 92.9 Å². The van der Waals surface area contributed by atoms with Crippen LogP contribution in [-0.4, -0.2) is 16.5 Å². The second-order valence-electron chi connectivity index (χ2n) is 8.23. The summed E-state index contributed by atoms with van der Waals surface area (Å²) >= 11 is 6.40. The maximum atomic E-state index is 13.0. The summed E-state index contributed by atoms with van der Waals surface area (Å²) in [4.78, 5) is 25.7. The van der Waals surface area contributed by atoms with Crippen LogP contribution in [0, 0.1) is 0 Å². The summed E-state index contributed by atoms with van der Waals surface area (Å²) in [5.41, 5.74) is 4.99. The van der Waals surface area contributed by atoms with E-state index in [2.05, 4.69) is 17.4 Å². The normalized spacial score (nSPS) is 13.6. The fraction of sp³-hybridized carbons (Fsp3) is 0.308. The molecular formula is C26H27ClN2O2. The van der Waals surface area contributed by atoms with Gasteiger partial charge in [-0.2, -0.15) is 0 Å². The number of hydrogen-bond acceptors (Lipinski definition) is 2. The fourth-order valence-corrected chi connectivity index (χ4v) is 4.63. The molecule has 0 unspecified atom stereocenters. The van der Waals surface area contributed by atoms with Gasteiger partial charge in [0.2, 0.25) is 5.91 Å². The Hall–Kier alpha value is -2.85. The number of benzene rings is 2. The highest BCUT2D eigenvalue weighted by Crippen LogP contribution is 2.34. The first kappa shape index (κ1) is 21.4. The van der Waals surface area contributed by atoms with Gasteiger partial charge >= 0.3 is 0 Å². The van der Waals surface area contributed by atoms with E-state index in [0.717, 1.165) is 54.5 Å². The Morgan fingerprint density at radius 3 is 2.58 bits per heavy atom. The number of rotatable bonds is 7. The maximum Gasteiger partial charge on any atom is 0.251 e. The number of amides is 1. The lowest BCUT2D eigenvalue weighted by molar-refractivity contribution is -0.122. The molecule has 1 aliphatic carbocycles. The fourth-order valence-electron chi connectivity index (χ4n) is 4.39. The number of nitrogens with zero attached hydrogens (tertiary/aromatic N) is 1. The molecule has 160 valence electrons. The molecule has 1 aromatic heterocycles. The lowest BCUT2D eigenvalue weighted by Crippen LogP contribution is -2.38. The van der Waals surface area contributed by atoms with Crippen LogP contribution in [0.5, 0.6) is 0 Å². The Morgan fingerprint density at radius 1 is 1.06 bits per heavy atom. The number of hydrogen-bond donors (Lipinski definition) is 1. The molecule has 1 N–H and O–H groups in total. The Morgan fingerprint density at radius 2 is 1.81 bits per heavy atom. The predicted octanol–water partition coefficient (Wildman–Crippen LogP) is 4.79. The van der Waals surface area contributed by atoms with E-state index in [9.17, 15) is 9.59 Å². The predicted molar refractivity (Wildman–Crippen MR) is 126 cm³/mol. The highest BCUT2D eigenvalue weighted by molar-refractivity contribution is 6.33. The first-order valence-corrected chi connectivity index (χ1v) is 11.2. The number of carbonyl (C=O) groups is 1. The Bertz CT molecular complexity index is 1140. The van der Waals surface area contributed by atoms with Crippen LogP contribution in [0.2, 0.25) is 5.02 Å². The molecule has 3 aromatic rings. The van der Waals surface area contributed by atoms with Crippen molar-refractivity contribution in [1.82, 2.24) is 9.88 Å². The number of fused-ring (bicyclic) bond motifs is 1. The van der Waals surface area contributed by atoms with Crippen molar-refractivity contribution in [1.29, 1.82) is 0 Å². The van der Waals surface area contributed by atoms with Crippen LogP contribution >= 0.6 is 11.6 Å². The van der Waals surface area contributed by atoms with E-state index in [4.69, 9.17) is 11.6 Å².